The van der Waals surface area contributed by atoms with Gasteiger partial charge in [0.05, 0.1) is 24.0 Å². The van der Waals surface area contributed by atoms with Crippen LogP contribution in [0.5, 0.6) is 5.75 Å². The summed E-state index contributed by atoms with van der Waals surface area (Å²) in [7, 11) is -2.17. The highest BCUT2D eigenvalue weighted by atomic mass is 32.2. The standard InChI is InChI=1S/C19H27N3O5S/c1-5-22(6-2)28(24,25)15-9-10-18(26-4)16(12-15)21-19(23)13-20-14(3)17-8-7-11-27-17/h7-12,14,20H,5-6,13H2,1-4H3,(H,21,23)/p+1/t14-/m0/s1. The number of nitrogens with two attached hydrogens (primary N) is 1. The van der Waals surface area contributed by atoms with Crippen molar-refractivity contribution in [2.24, 2.45) is 0 Å². The summed E-state index contributed by atoms with van der Waals surface area (Å²) in [6.45, 7) is 6.38. The third kappa shape index (κ3) is 5.12. The molecule has 1 heterocycles. The number of furan rings is 1. The first-order chi connectivity index (χ1) is 13.3. The summed E-state index contributed by atoms with van der Waals surface area (Å²) in [6.07, 6.45) is 1.59. The number of nitrogens with one attached hydrogen (secondary N) is 1. The Balaban J connectivity index is 2.14. The molecule has 8 nitrogen and oxygen atoms in total. The number of ether oxygens (including phenoxy) is 1. The van der Waals surface area contributed by atoms with Crippen LogP contribution in [0.3, 0.4) is 0 Å². The van der Waals surface area contributed by atoms with Crippen LogP contribution in [0.25, 0.3) is 0 Å². The van der Waals surface area contributed by atoms with Crippen LogP contribution >= 0.6 is 0 Å². The number of hydrogen-bond acceptors (Lipinski definition) is 5. The number of rotatable bonds is 10. The zero-order valence-electron chi connectivity index (χ0n) is 16.6. The summed E-state index contributed by atoms with van der Waals surface area (Å²) in [5, 5.41) is 4.57. The molecule has 1 atom stereocenters. The van der Waals surface area contributed by atoms with Gasteiger partial charge in [0.2, 0.25) is 10.0 Å². The number of carbonyl (C=O) groups excluding carboxylic acids is 1. The number of hydrogen-bond donors (Lipinski definition) is 2. The Morgan fingerprint density at radius 2 is 2.00 bits per heavy atom. The smallest absolute Gasteiger partial charge is 0.279 e. The Bertz CT molecular complexity index is 877. The number of carbonyl (C=O) groups is 1. The minimum atomic E-state index is -3.63. The number of quaternary nitrogens is 1. The fraction of sp³-hybridized carbons (Fsp3) is 0.421. The number of nitrogens with zero attached hydrogens (tertiary/aromatic N) is 1. The van der Waals surface area contributed by atoms with Crippen LogP contribution in [0, 0.1) is 0 Å². The molecule has 0 unspecified atom stereocenters. The largest absolute Gasteiger partial charge is 0.495 e. The average Bonchev–Trinajstić information content (AvgIpc) is 3.21. The van der Waals surface area contributed by atoms with Gasteiger partial charge in [0, 0.05) is 13.1 Å². The van der Waals surface area contributed by atoms with Crippen LogP contribution in [-0.4, -0.2) is 45.4 Å². The molecule has 0 saturated heterocycles. The maximum atomic E-state index is 12.7. The van der Waals surface area contributed by atoms with E-state index in [0.29, 0.717) is 24.5 Å². The molecule has 0 spiro atoms. The molecule has 0 aliphatic carbocycles. The van der Waals surface area contributed by atoms with E-state index in [1.807, 2.05) is 18.3 Å². The summed E-state index contributed by atoms with van der Waals surface area (Å²) >= 11 is 0. The van der Waals surface area contributed by atoms with Crippen molar-refractivity contribution in [2.45, 2.75) is 31.7 Å². The zero-order valence-corrected chi connectivity index (χ0v) is 17.5. The normalized spacial score (nSPS) is 12.8. The number of sulfonamides is 1. The van der Waals surface area contributed by atoms with E-state index >= 15 is 0 Å². The van der Waals surface area contributed by atoms with E-state index in [0.717, 1.165) is 5.76 Å². The minimum Gasteiger partial charge on any atom is -0.495 e. The highest BCUT2D eigenvalue weighted by molar-refractivity contribution is 7.89. The van der Waals surface area contributed by atoms with Crippen molar-refractivity contribution in [3.05, 3.63) is 42.4 Å². The molecule has 28 heavy (non-hydrogen) atoms. The van der Waals surface area contributed by atoms with Gasteiger partial charge in [0.25, 0.3) is 5.91 Å². The Hall–Kier alpha value is -2.36. The Labute approximate surface area is 165 Å². The van der Waals surface area contributed by atoms with E-state index in [-0.39, 0.29) is 23.4 Å². The minimum absolute atomic E-state index is 0.0166. The lowest BCUT2D eigenvalue weighted by molar-refractivity contribution is -0.684. The average molecular weight is 411 g/mol. The Morgan fingerprint density at radius 1 is 1.29 bits per heavy atom. The van der Waals surface area contributed by atoms with Gasteiger partial charge in [-0.1, -0.05) is 13.8 Å². The predicted octanol–water partition coefficient (Wildman–Crippen LogP) is 1.58. The fourth-order valence-electron chi connectivity index (χ4n) is 2.81. The zero-order chi connectivity index (χ0) is 20.7. The highest BCUT2D eigenvalue weighted by Crippen LogP contribution is 2.28. The van der Waals surface area contributed by atoms with Crippen molar-refractivity contribution >= 4 is 21.6 Å². The maximum Gasteiger partial charge on any atom is 0.279 e. The van der Waals surface area contributed by atoms with Crippen LogP contribution in [-0.2, 0) is 14.8 Å². The first kappa shape index (κ1) is 21.9. The second kappa shape index (κ2) is 9.72. The lowest BCUT2D eigenvalue weighted by Gasteiger charge is -2.19. The van der Waals surface area contributed by atoms with E-state index in [1.165, 1.54) is 23.5 Å². The molecule has 1 aromatic heterocycles. The molecule has 0 radical (unpaired) electrons. The third-order valence-electron chi connectivity index (χ3n) is 4.44. The molecule has 2 aromatic rings. The van der Waals surface area contributed by atoms with Crippen molar-refractivity contribution in [1.29, 1.82) is 0 Å². The topological polar surface area (TPSA) is 105 Å². The Kier molecular flexibility index (Phi) is 7.61. The molecular formula is C19H28N3O5S+. The van der Waals surface area contributed by atoms with Crippen LogP contribution in [0.1, 0.15) is 32.6 Å². The van der Waals surface area contributed by atoms with E-state index in [1.54, 1.807) is 32.2 Å². The second-order valence-corrected chi connectivity index (χ2v) is 8.18. The van der Waals surface area contributed by atoms with Crippen molar-refractivity contribution in [3.63, 3.8) is 0 Å². The van der Waals surface area contributed by atoms with Crippen molar-refractivity contribution in [1.82, 2.24) is 4.31 Å². The van der Waals surface area contributed by atoms with E-state index < -0.39 is 10.0 Å². The van der Waals surface area contributed by atoms with Gasteiger partial charge in [-0.2, -0.15) is 4.31 Å². The lowest BCUT2D eigenvalue weighted by Crippen LogP contribution is -2.86. The molecule has 0 aliphatic rings. The van der Waals surface area contributed by atoms with Crippen LogP contribution in [0.2, 0.25) is 0 Å². The fourth-order valence-corrected chi connectivity index (χ4v) is 4.29. The SMILES string of the molecule is CCN(CC)S(=O)(=O)c1ccc(OC)c(NC(=O)C[NH2+][C@@H](C)c2ccco2)c1. The number of anilines is 1. The molecule has 0 bridgehead atoms. The van der Waals surface area contributed by atoms with Gasteiger partial charge in [0.1, 0.15) is 11.8 Å². The number of amides is 1. The molecule has 9 heteroatoms. The monoisotopic (exact) mass is 410 g/mol. The van der Waals surface area contributed by atoms with Gasteiger partial charge in [-0.05, 0) is 37.3 Å². The van der Waals surface area contributed by atoms with Gasteiger partial charge in [-0.3, -0.25) is 4.79 Å². The van der Waals surface area contributed by atoms with Crippen molar-refractivity contribution in [3.8, 4) is 5.75 Å². The van der Waals surface area contributed by atoms with Crippen LogP contribution in [0.15, 0.2) is 45.9 Å². The van der Waals surface area contributed by atoms with Gasteiger partial charge >= 0.3 is 0 Å². The van der Waals surface area contributed by atoms with Crippen LogP contribution in [0.4, 0.5) is 5.69 Å². The summed E-state index contributed by atoms with van der Waals surface area (Å²) in [4.78, 5) is 12.5. The Morgan fingerprint density at radius 3 is 2.57 bits per heavy atom. The predicted molar refractivity (Wildman–Crippen MR) is 106 cm³/mol. The summed E-state index contributed by atoms with van der Waals surface area (Å²) < 4.78 is 37.4. The van der Waals surface area contributed by atoms with E-state index in [2.05, 4.69) is 5.32 Å². The van der Waals surface area contributed by atoms with Crippen LogP contribution < -0.4 is 15.4 Å². The molecular weight excluding hydrogens is 382 g/mol. The maximum absolute atomic E-state index is 12.7. The van der Waals surface area contributed by atoms with Gasteiger partial charge in [0.15, 0.2) is 12.3 Å². The molecule has 0 fully saturated rings. The molecule has 154 valence electrons. The van der Waals surface area contributed by atoms with Crippen molar-refractivity contribution < 1.29 is 27.7 Å². The van der Waals surface area contributed by atoms with E-state index in [9.17, 15) is 13.2 Å². The van der Waals surface area contributed by atoms with Gasteiger partial charge < -0.3 is 19.8 Å². The molecule has 2 rings (SSSR count). The van der Waals surface area contributed by atoms with Gasteiger partial charge in [-0.25, -0.2) is 8.42 Å². The number of benzene rings is 1. The molecule has 3 N–H and O–H groups in total. The molecule has 0 aliphatic heterocycles. The first-order valence-electron chi connectivity index (χ1n) is 9.18. The van der Waals surface area contributed by atoms with E-state index in [4.69, 9.17) is 9.15 Å². The first-order valence-corrected chi connectivity index (χ1v) is 10.6. The summed E-state index contributed by atoms with van der Waals surface area (Å²) in [5.74, 6) is 0.901. The lowest BCUT2D eigenvalue weighted by atomic mass is 10.2. The summed E-state index contributed by atoms with van der Waals surface area (Å²) in [5.41, 5.74) is 0.319. The number of methoxy groups -OCH3 is 1. The molecule has 1 aromatic carbocycles. The molecule has 1 amide bonds. The second-order valence-electron chi connectivity index (χ2n) is 6.24. The summed E-state index contributed by atoms with van der Waals surface area (Å²) in [6, 6.07) is 8.09. The quantitative estimate of drug-likeness (QED) is 0.619. The molecule has 0 saturated carbocycles. The highest BCUT2D eigenvalue weighted by Gasteiger charge is 2.23. The van der Waals surface area contributed by atoms with Crippen molar-refractivity contribution in [2.75, 3.05) is 32.1 Å². The third-order valence-corrected chi connectivity index (χ3v) is 6.48. The van der Waals surface area contributed by atoms with Gasteiger partial charge in [-0.15, -0.1) is 0 Å².